The van der Waals surface area contributed by atoms with E-state index < -0.39 is 0 Å². The Morgan fingerprint density at radius 1 is 1.17 bits per heavy atom. The number of ether oxygens (including phenoxy) is 2. The normalized spacial score (nSPS) is 27.7. The zero-order valence-electron chi connectivity index (χ0n) is 12.8. The fourth-order valence-corrected chi connectivity index (χ4v) is 3.30. The van der Waals surface area contributed by atoms with Crippen molar-refractivity contribution in [2.24, 2.45) is 11.3 Å². The second-order valence-corrected chi connectivity index (χ2v) is 6.36. The van der Waals surface area contributed by atoms with Crippen LogP contribution in [0.4, 0.5) is 0 Å². The summed E-state index contributed by atoms with van der Waals surface area (Å²) in [5, 5.41) is 3.63. The van der Waals surface area contributed by atoms with E-state index in [4.69, 9.17) is 9.47 Å². The third kappa shape index (κ3) is 5.68. The number of hydrogen-bond acceptors (Lipinski definition) is 3. The van der Waals surface area contributed by atoms with Gasteiger partial charge in [0.2, 0.25) is 0 Å². The van der Waals surface area contributed by atoms with Crippen molar-refractivity contribution in [3.05, 3.63) is 0 Å². The van der Waals surface area contributed by atoms with Gasteiger partial charge >= 0.3 is 0 Å². The van der Waals surface area contributed by atoms with Crippen molar-refractivity contribution in [3.63, 3.8) is 0 Å². The van der Waals surface area contributed by atoms with Gasteiger partial charge in [0.1, 0.15) is 0 Å². The van der Waals surface area contributed by atoms with Crippen LogP contribution in [0.2, 0.25) is 0 Å². The average Bonchev–Trinajstić information content (AvgIpc) is 2.24. The summed E-state index contributed by atoms with van der Waals surface area (Å²) in [6.07, 6.45) is 3.77. The minimum atomic E-state index is -0.0969. The fraction of sp³-hybridized carbons (Fsp3) is 1.00. The highest BCUT2D eigenvalue weighted by Crippen LogP contribution is 2.38. The summed E-state index contributed by atoms with van der Waals surface area (Å²) in [4.78, 5) is 0. The lowest BCUT2D eigenvalue weighted by molar-refractivity contribution is -0.134. The van der Waals surface area contributed by atoms with Crippen LogP contribution in [-0.4, -0.2) is 32.1 Å². The van der Waals surface area contributed by atoms with Crippen molar-refractivity contribution in [2.75, 3.05) is 19.8 Å². The highest BCUT2D eigenvalue weighted by Gasteiger charge is 2.31. The highest BCUT2D eigenvalue weighted by molar-refractivity contribution is 4.86. The molecule has 1 saturated carbocycles. The average molecular weight is 257 g/mol. The van der Waals surface area contributed by atoms with E-state index in [0.717, 1.165) is 12.5 Å². The number of hydrogen-bond donors (Lipinski definition) is 1. The second-order valence-electron chi connectivity index (χ2n) is 6.36. The van der Waals surface area contributed by atoms with Gasteiger partial charge in [-0.05, 0) is 44.4 Å². The fourth-order valence-electron chi connectivity index (χ4n) is 3.30. The largest absolute Gasteiger partial charge is 0.352 e. The monoisotopic (exact) mass is 257 g/mol. The molecule has 0 aromatic carbocycles. The van der Waals surface area contributed by atoms with Gasteiger partial charge < -0.3 is 14.8 Å². The molecule has 1 fully saturated rings. The summed E-state index contributed by atoms with van der Waals surface area (Å²) >= 11 is 0. The van der Waals surface area contributed by atoms with E-state index in [9.17, 15) is 0 Å². The van der Waals surface area contributed by atoms with Crippen LogP contribution in [0.15, 0.2) is 0 Å². The molecule has 108 valence electrons. The summed E-state index contributed by atoms with van der Waals surface area (Å²) in [6.45, 7) is 13.3. The van der Waals surface area contributed by atoms with E-state index in [1.54, 1.807) is 0 Å². The highest BCUT2D eigenvalue weighted by atomic mass is 16.7. The van der Waals surface area contributed by atoms with E-state index in [2.05, 4.69) is 26.1 Å². The second kappa shape index (κ2) is 7.46. The Labute approximate surface area is 113 Å². The van der Waals surface area contributed by atoms with Crippen LogP contribution in [0.3, 0.4) is 0 Å². The maximum Gasteiger partial charge on any atom is 0.169 e. The summed E-state index contributed by atoms with van der Waals surface area (Å²) < 4.78 is 11.1. The van der Waals surface area contributed by atoms with Crippen LogP contribution in [-0.2, 0) is 9.47 Å². The van der Waals surface area contributed by atoms with Gasteiger partial charge in [0.15, 0.2) is 6.29 Å². The Bertz CT molecular complexity index is 225. The molecule has 1 aliphatic rings. The minimum absolute atomic E-state index is 0.0969. The molecule has 0 aromatic heterocycles. The molecule has 0 heterocycles. The van der Waals surface area contributed by atoms with Crippen molar-refractivity contribution in [1.29, 1.82) is 0 Å². The first-order valence-electron chi connectivity index (χ1n) is 7.43. The van der Waals surface area contributed by atoms with Crippen LogP contribution in [0, 0.1) is 11.3 Å². The topological polar surface area (TPSA) is 30.5 Å². The van der Waals surface area contributed by atoms with Gasteiger partial charge in [0.05, 0.1) is 0 Å². The lowest BCUT2D eigenvalue weighted by Gasteiger charge is -2.39. The van der Waals surface area contributed by atoms with Crippen molar-refractivity contribution in [2.45, 2.75) is 66.2 Å². The molecule has 1 aliphatic carbocycles. The van der Waals surface area contributed by atoms with Crippen LogP contribution < -0.4 is 5.32 Å². The molecule has 0 amide bonds. The summed E-state index contributed by atoms with van der Waals surface area (Å²) in [6, 6.07) is 0.604. The van der Waals surface area contributed by atoms with Crippen LogP contribution in [0.5, 0.6) is 0 Å². The molecule has 2 unspecified atom stereocenters. The van der Waals surface area contributed by atoms with Crippen molar-refractivity contribution >= 4 is 0 Å². The lowest BCUT2D eigenvalue weighted by Crippen LogP contribution is -2.44. The van der Waals surface area contributed by atoms with Crippen LogP contribution in [0.1, 0.15) is 53.9 Å². The number of nitrogens with one attached hydrogen (secondary N) is 1. The van der Waals surface area contributed by atoms with E-state index in [1.807, 2.05) is 13.8 Å². The maximum atomic E-state index is 5.57. The van der Waals surface area contributed by atoms with Crippen LogP contribution >= 0.6 is 0 Å². The Kier molecular flexibility index (Phi) is 6.61. The van der Waals surface area contributed by atoms with Gasteiger partial charge in [0, 0.05) is 25.8 Å². The molecule has 18 heavy (non-hydrogen) atoms. The zero-order valence-corrected chi connectivity index (χ0v) is 12.8. The van der Waals surface area contributed by atoms with Gasteiger partial charge in [-0.15, -0.1) is 0 Å². The predicted octanol–water partition coefficient (Wildman–Crippen LogP) is 3.19. The SMILES string of the molecule is CCOC(CNC1CC(C)CC(C)(C)C1)OCC. The molecule has 0 saturated heterocycles. The molecule has 3 nitrogen and oxygen atoms in total. The maximum absolute atomic E-state index is 5.57. The first-order chi connectivity index (χ1) is 8.46. The molecule has 0 spiro atoms. The quantitative estimate of drug-likeness (QED) is 0.711. The Hall–Kier alpha value is -0.120. The third-order valence-electron chi connectivity index (χ3n) is 3.67. The smallest absolute Gasteiger partial charge is 0.169 e. The zero-order chi connectivity index (χ0) is 13.6. The van der Waals surface area contributed by atoms with E-state index in [-0.39, 0.29) is 6.29 Å². The first kappa shape index (κ1) is 15.9. The summed E-state index contributed by atoms with van der Waals surface area (Å²) in [5.74, 6) is 0.809. The first-order valence-corrected chi connectivity index (χ1v) is 7.43. The summed E-state index contributed by atoms with van der Waals surface area (Å²) in [5.41, 5.74) is 0.460. The van der Waals surface area contributed by atoms with Crippen LogP contribution in [0.25, 0.3) is 0 Å². The molecule has 1 rings (SSSR count). The van der Waals surface area contributed by atoms with E-state index >= 15 is 0 Å². The molecule has 0 bridgehead atoms. The molecule has 3 heteroatoms. The predicted molar refractivity (Wildman–Crippen MR) is 75.6 cm³/mol. The van der Waals surface area contributed by atoms with E-state index in [0.29, 0.717) is 24.7 Å². The molecular formula is C15H31NO2. The number of rotatable bonds is 7. The van der Waals surface area contributed by atoms with Gasteiger partial charge in [0.25, 0.3) is 0 Å². The molecule has 2 atom stereocenters. The van der Waals surface area contributed by atoms with Gasteiger partial charge in [-0.3, -0.25) is 0 Å². The van der Waals surface area contributed by atoms with Crippen molar-refractivity contribution < 1.29 is 9.47 Å². The minimum Gasteiger partial charge on any atom is -0.352 e. The van der Waals surface area contributed by atoms with Gasteiger partial charge in [-0.1, -0.05) is 20.8 Å². The molecule has 0 aromatic rings. The van der Waals surface area contributed by atoms with Gasteiger partial charge in [-0.2, -0.15) is 0 Å². The van der Waals surface area contributed by atoms with Gasteiger partial charge in [-0.25, -0.2) is 0 Å². The van der Waals surface area contributed by atoms with E-state index in [1.165, 1.54) is 19.3 Å². The Morgan fingerprint density at radius 2 is 1.78 bits per heavy atom. The Balaban J connectivity index is 2.36. The summed E-state index contributed by atoms with van der Waals surface area (Å²) in [7, 11) is 0. The molecule has 0 aliphatic heterocycles. The third-order valence-corrected chi connectivity index (χ3v) is 3.67. The standard InChI is InChI=1S/C15H31NO2/c1-6-17-14(18-7-2)11-16-13-8-12(3)9-15(4,5)10-13/h12-14,16H,6-11H2,1-5H3. The molecule has 0 radical (unpaired) electrons. The molecule has 1 N–H and O–H groups in total. The lowest BCUT2D eigenvalue weighted by atomic mass is 9.70. The molecular weight excluding hydrogens is 226 g/mol. The van der Waals surface area contributed by atoms with Crippen molar-refractivity contribution in [1.82, 2.24) is 5.32 Å². The van der Waals surface area contributed by atoms with Crippen molar-refractivity contribution in [3.8, 4) is 0 Å². The Morgan fingerprint density at radius 3 is 2.28 bits per heavy atom.